The topological polar surface area (TPSA) is 63.2 Å². The molecule has 0 fully saturated rings. The summed E-state index contributed by atoms with van der Waals surface area (Å²) in [5, 5.41) is 0.483. The highest BCUT2D eigenvalue weighted by atomic mass is 31.2. The number of methoxy groups -OCH3 is 2. The molecule has 1 unspecified atom stereocenters. The highest BCUT2D eigenvalue weighted by Crippen LogP contribution is 2.64. The Kier molecular flexibility index (Phi) is 6.45. The molecule has 0 N–H and O–H groups in total. The fraction of sp³-hybridized carbons (Fsp3) is 0.333. The first-order valence-electron chi connectivity index (χ1n) is 9.15. The van der Waals surface area contributed by atoms with E-state index in [9.17, 15) is 4.57 Å². The molecule has 0 amide bonds. The van der Waals surface area contributed by atoms with Gasteiger partial charge in [0.1, 0.15) is 11.9 Å². The minimum absolute atomic E-state index is 0.266. The molecule has 0 aliphatic carbocycles. The lowest BCUT2D eigenvalue weighted by atomic mass is 10.0. The third-order valence-corrected chi connectivity index (χ3v) is 6.54. The fourth-order valence-corrected chi connectivity index (χ4v) is 4.93. The van der Waals surface area contributed by atoms with Crippen LogP contribution in [0, 0.1) is 0 Å². The molecule has 1 aliphatic rings. The minimum atomic E-state index is -3.53. The van der Waals surface area contributed by atoms with Crippen LogP contribution in [0.4, 0.5) is 0 Å². The molecule has 150 valence electrons. The molecule has 28 heavy (non-hydrogen) atoms. The number of hydrogen-bond acceptors (Lipinski definition) is 6. The van der Waals surface area contributed by atoms with E-state index in [1.165, 1.54) is 0 Å². The molecule has 6 nitrogen and oxygen atoms in total. The summed E-state index contributed by atoms with van der Waals surface area (Å²) in [5.41, 5.74) is 1.53. The molecule has 2 aromatic carbocycles. The Bertz CT molecular complexity index is 880. The summed E-state index contributed by atoms with van der Waals surface area (Å²) < 4.78 is 41.7. The summed E-state index contributed by atoms with van der Waals surface area (Å²) in [7, 11) is -0.339. The van der Waals surface area contributed by atoms with E-state index in [0.717, 1.165) is 11.3 Å². The van der Waals surface area contributed by atoms with E-state index in [2.05, 4.69) is 0 Å². The van der Waals surface area contributed by atoms with Gasteiger partial charge in [0, 0.05) is 5.56 Å². The molecule has 0 aromatic heterocycles. The number of ether oxygens (including phenoxy) is 3. The lowest BCUT2D eigenvalue weighted by Crippen LogP contribution is -2.14. The van der Waals surface area contributed by atoms with Crippen LogP contribution in [0.15, 0.2) is 48.5 Å². The first-order valence-corrected chi connectivity index (χ1v) is 10.7. The van der Waals surface area contributed by atoms with E-state index in [-0.39, 0.29) is 13.2 Å². The van der Waals surface area contributed by atoms with E-state index in [4.69, 9.17) is 23.3 Å². The van der Waals surface area contributed by atoms with Gasteiger partial charge in [-0.2, -0.15) is 0 Å². The normalized spacial score (nSPS) is 16.0. The third kappa shape index (κ3) is 3.95. The number of fused-ring (bicyclic) bond motifs is 1. The van der Waals surface area contributed by atoms with E-state index < -0.39 is 13.7 Å². The Hall–Kier alpha value is -2.27. The Morgan fingerprint density at radius 1 is 0.964 bits per heavy atom. The number of benzene rings is 2. The summed E-state index contributed by atoms with van der Waals surface area (Å²) in [6.45, 7) is 4.11. The highest BCUT2D eigenvalue weighted by Gasteiger charge is 2.37. The largest absolute Gasteiger partial charge is 0.497 e. The molecule has 7 heteroatoms. The van der Waals surface area contributed by atoms with Crippen LogP contribution in [-0.2, 0) is 13.6 Å². The molecule has 1 aliphatic heterocycles. The van der Waals surface area contributed by atoms with Crippen molar-refractivity contribution in [1.29, 1.82) is 0 Å². The van der Waals surface area contributed by atoms with Crippen molar-refractivity contribution in [1.82, 2.24) is 0 Å². The molecule has 3 rings (SSSR count). The fourth-order valence-electron chi connectivity index (χ4n) is 3.11. The van der Waals surface area contributed by atoms with Crippen LogP contribution in [0.5, 0.6) is 17.2 Å². The maximum Gasteiger partial charge on any atom is 0.361 e. The van der Waals surface area contributed by atoms with Crippen LogP contribution in [-0.4, -0.2) is 27.4 Å². The summed E-state index contributed by atoms with van der Waals surface area (Å²) in [6.07, 6.45) is 1.33. The van der Waals surface area contributed by atoms with E-state index in [1.54, 1.807) is 40.2 Å². The SMILES string of the molecule is CCOP(=O)(OCC)C1=CC(c2ccc(OC)cc2)Oc2c(OC)cccc21. The van der Waals surface area contributed by atoms with Crippen molar-refractivity contribution in [2.45, 2.75) is 20.0 Å². The van der Waals surface area contributed by atoms with Gasteiger partial charge in [-0.3, -0.25) is 4.57 Å². The Morgan fingerprint density at radius 3 is 2.21 bits per heavy atom. The van der Waals surface area contributed by atoms with Crippen molar-refractivity contribution in [3.05, 3.63) is 59.7 Å². The highest BCUT2D eigenvalue weighted by molar-refractivity contribution is 7.65. The zero-order valence-corrected chi connectivity index (χ0v) is 17.4. The average molecular weight is 404 g/mol. The van der Waals surface area contributed by atoms with E-state index >= 15 is 0 Å². The van der Waals surface area contributed by atoms with Crippen molar-refractivity contribution < 1.29 is 27.8 Å². The van der Waals surface area contributed by atoms with Gasteiger partial charge in [-0.15, -0.1) is 0 Å². The second-order valence-electron chi connectivity index (χ2n) is 6.03. The molecule has 0 bridgehead atoms. The van der Waals surface area contributed by atoms with Gasteiger partial charge >= 0.3 is 7.60 Å². The van der Waals surface area contributed by atoms with Crippen molar-refractivity contribution >= 4 is 12.9 Å². The Balaban J connectivity index is 2.14. The summed E-state index contributed by atoms with van der Waals surface area (Å²) in [5.74, 6) is 1.82. The quantitative estimate of drug-likeness (QED) is 0.546. The first kappa shape index (κ1) is 20.5. The molecule has 1 heterocycles. The number of para-hydroxylation sites is 1. The van der Waals surface area contributed by atoms with Crippen LogP contribution in [0.1, 0.15) is 31.1 Å². The standard InChI is InChI=1S/C21H25O6P/c1-5-25-28(22,26-6-2)20-14-19(15-10-12-16(23-3)13-11-15)27-21-17(20)8-7-9-18(21)24-4/h7-14,19H,5-6H2,1-4H3. The summed E-state index contributed by atoms with van der Waals surface area (Å²) >= 11 is 0. The minimum Gasteiger partial charge on any atom is -0.497 e. The summed E-state index contributed by atoms with van der Waals surface area (Å²) in [6, 6.07) is 13.0. The van der Waals surface area contributed by atoms with Crippen LogP contribution < -0.4 is 14.2 Å². The van der Waals surface area contributed by atoms with Crippen LogP contribution in [0.2, 0.25) is 0 Å². The zero-order valence-electron chi connectivity index (χ0n) is 16.5. The van der Waals surface area contributed by atoms with Gasteiger partial charge in [-0.25, -0.2) is 0 Å². The molecule has 0 saturated heterocycles. The second kappa shape index (κ2) is 8.82. The molecule has 0 radical (unpaired) electrons. The molecule has 0 spiro atoms. The van der Waals surface area contributed by atoms with Crippen LogP contribution >= 0.6 is 7.60 Å². The predicted molar refractivity (Wildman–Crippen MR) is 108 cm³/mol. The number of hydrogen-bond donors (Lipinski definition) is 0. The van der Waals surface area contributed by atoms with Crippen molar-refractivity contribution in [3.63, 3.8) is 0 Å². The maximum absolute atomic E-state index is 13.6. The first-order chi connectivity index (χ1) is 13.6. The Labute approximate surface area is 165 Å². The second-order valence-corrected chi connectivity index (χ2v) is 8.03. The predicted octanol–water partition coefficient (Wildman–Crippen LogP) is 5.44. The molecular formula is C21H25O6P. The summed E-state index contributed by atoms with van der Waals surface area (Å²) in [4.78, 5) is 0. The van der Waals surface area contributed by atoms with Gasteiger partial charge in [0.2, 0.25) is 0 Å². The molecule has 2 aromatic rings. The lowest BCUT2D eigenvalue weighted by Gasteiger charge is -2.30. The van der Waals surface area contributed by atoms with Crippen LogP contribution in [0.3, 0.4) is 0 Å². The van der Waals surface area contributed by atoms with E-state index in [0.29, 0.717) is 22.4 Å². The van der Waals surface area contributed by atoms with Crippen LogP contribution in [0.25, 0.3) is 5.31 Å². The molecule has 1 atom stereocenters. The molecular weight excluding hydrogens is 379 g/mol. The van der Waals surface area contributed by atoms with Crippen molar-refractivity contribution in [2.75, 3.05) is 27.4 Å². The van der Waals surface area contributed by atoms with Gasteiger partial charge < -0.3 is 23.3 Å². The van der Waals surface area contributed by atoms with Gasteiger partial charge in [-0.1, -0.05) is 24.3 Å². The van der Waals surface area contributed by atoms with Crippen molar-refractivity contribution in [2.24, 2.45) is 0 Å². The maximum atomic E-state index is 13.6. The van der Waals surface area contributed by atoms with Gasteiger partial charge in [0.15, 0.2) is 11.5 Å². The third-order valence-electron chi connectivity index (χ3n) is 4.37. The average Bonchev–Trinajstić information content (AvgIpc) is 2.73. The van der Waals surface area contributed by atoms with Gasteiger partial charge in [0.05, 0.1) is 32.7 Å². The van der Waals surface area contributed by atoms with Gasteiger partial charge in [0.25, 0.3) is 0 Å². The van der Waals surface area contributed by atoms with Gasteiger partial charge in [-0.05, 0) is 43.7 Å². The number of rotatable bonds is 8. The smallest absolute Gasteiger partial charge is 0.361 e. The lowest BCUT2D eigenvalue weighted by molar-refractivity contribution is 0.223. The Morgan fingerprint density at radius 2 is 1.64 bits per heavy atom. The zero-order chi connectivity index (χ0) is 20.1. The van der Waals surface area contributed by atoms with E-state index in [1.807, 2.05) is 36.4 Å². The monoisotopic (exact) mass is 404 g/mol. The molecule has 0 saturated carbocycles. The van der Waals surface area contributed by atoms with Crippen molar-refractivity contribution in [3.8, 4) is 17.2 Å².